The third-order valence-electron chi connectivity index (χ3n) is 5.23. The van der Waals surface area contributed by atoms with Gasteiger partial charge >= 0.3 is 5.97 Å². The van der Waals surface area contributed by atoms with Crippen LogP contribution in [0.4, 0.5) is 0 Å². The van der Waals surface area contributed by atoms with Gasteiger partial charge in [0.15, 0.2) is 11.5 Å². The number of aromatic nitrogens is 1. The zero-order valence-corrected chi connectivity index (χ0v) is 14.0. The highest BCUT2D eigenvalue weighted by molar-refractivity contribution is 5.79. The number of fused-ring (bicyclic) bond motifs is 3. The second-order valence-electron chi connectivity index (χ2n) is 6.67. The van der Waals surface area contributed by atoms with Gasteiger partial charge < -0.3 is 14.6 Å². The molecule has 0 bridgehead atoms. The van der Waals surface area contributed by atoms with Crippen LogP contribution < -0.4 is 9.47 Å². The SMILES string of the molecule is COc1cccc2c1OC[C@@]1(C(=O)O)CN(Cc3ccccn3)C[C@@H]21. The van der Waals surface area contributed by atoms with Crippen molar-refractivity contribution in [3.63, 3.8) is 0 Å². The minimum Gasteiger partial charge on any atom is -0.493 e. The van der Waals surface area contributed by atoms with E-state index in [-0.39, 0.29) is 12.5 Å². The molecule has 0 aliphatic carbocycles. The van der Waals surface area contributed by atoms with Gasteiger partial charge in [-0.1, -0.05) is 18.2 Å². The van der Waals surface area contributed by atoms with Crippen LogP contribution >= 0.6 is 0 Å². The van der Waals surface area contributed by atoms with E-state index in [1.165, 1.54) is 0 Å². The minimum absolute atomic E-state index is 0.132. The summed E-state index contributed by atoms with van der Waals surface area (Å²) in [6, 6.07) is 11.5. The number of benzene rings is 1. The van der Waals surface area contributed by atoms with Gasteiger partial charge in [0.1, 0.15) is 12.0 Å². The molecule has 6 heteroatoms. The molecule has 3 heterocycles. The van der Waals surface area contributed by atoms with Crippen LogP contribution in [-0.2, 0) is 11.3 Å². The van der Waals surface area contributed by atoms with Crippen molar-refractivity contribution in [1.29, 1.82) is 0 Å². The van der Waals surface area contributed by atoms with Gasteiger partial charge in [-0.25, -0.2) is 0 Å². The van der Waals surface area contributed by atoms with Gasteiger partial charge in [-0.2, -0.15) is 0 Å². The van der Waals surface area contributed by atoms with E-state index in [1.54, 1.807) is 13.3 Å². The molecule has 2 aliphatic heterocycles. The predicted molar refractivity (Wildman–Crippen MR) is 90.8 cm³/mol. The maximum absolute atomic E-state index is 12.2. The van der Waals surface area contributed by atoms with Gasteiger partial charge in [-0.3, -0.25) is 14.7 Å². The van der Waals surface area contributed by atoms with Gasteiger partial charge in [0.25, 0.3) is 0 Å². The average Bonchev–Trinajstić information content (AvgIpc) is 3.02. The Hall–Kier alpha value is -2.60. The Morgan fingerprint density at radius 2 is 2.28 bits per heavy atom. The number of likely N-dealkylation sites (tertiary alicyclic amines) is 1. The summed E-state index contributed by atoms with van der Waals surface area (Å²) in [6.45, 7) is 1.89. The number of pyridine rings is 1. The number of methoxy groups -OCH3 is 1. The molecule has 0 spiro atoms. The van der Waals surface area contributed by atoms with Crippen LogP contribution in [-0.4, -0.2) is 47.8 Å². The molecule has 130 valence electrons. The molecule has 2 aliphatic rings. The molecule has 0 saturated carbocycles. The van der Waals surface area contributed by atoms with Crippen LogP contribution in [0.1, 0.15) is 17.2 Å². The van der Waals surface area contributed by atoms with Crippen LogP contribution in [0.5, 0.6) is 11.5 Å². The average molecular weight is 340 g/mol. The summed E-state index contributed by atoms with van der Waals surface area (Å²) in [5, 5.41) is 9.98. The van der Waals surface area contributed by atoms with Crippen LogP contribution in [0.25, 0.3) is 0 Å². The Labute approximate surface area is 146 Å². The molecule has 25 heavy (non-hydrogen) atoms. The molecule has 0 radical (unpaired) electrons. The van der Waals surface area contributed by atoms with Crippen LogP contribution in [0.2, 0.25) is 0 Å². The Morgan fingerprint density at radius 3 is 3.00 bits per heavy atom. The summed E-state index contributed by atoms with van der Waals surface area (Å²) >= 11 is 0. The minimum atomic E-state index is -0.936. The molecule has 1 aromatic carbocycles. The zero-order valence-electron chi connectivity index (χ0n) is 14.0. The number of carboxylic acids is 1. The van der Waals surface area contributed by atoms with Gasteiger partial charge in [-0.05, 0) is 18.2 Å². The number of rotatable bonds is 4. The molecule has 1 N–H and O–H groups in total. The topological polar surface area (TPSA) is 71.9 Å². The van der Waals surface area contributed by atoms with E-state index >= 15 is 0 Å². The summed E-state index contributed by atoms with van der Waals surface area (Å²) < 4.78 is 11.3. The number of nitrogens with zero attached hydrogens (tertiary/aromatic N) is 2. The number of hydrogen-bond donors (Lipinski definition) is 1. The fraction of sp³-hybridized carbons (Fsp3) is 0.368. The van der Waals surface area contributed by atoms with Gasteiger partial charge in [0.2, 0.25) is 0 Å². The fourth-order valence-corrected chi connectivity index (χ4v) is 3.99. The molecule has 1 aromatic heterocycles. The van der Waals surface area contributed by atoms with E-state index < -0.39 is 11.4 Å². The summed E-state index contributed by atoms with van der Waals surface area (Å²) in [4.78, 5) is 18.7. The Balaban J connectivity index is 1.69. The fourth-order valence-electron chi connectivity index (χ4n) is 3.99. The van der Waals surface area contributed by atoms with E-state index in [4.69, 9.17) is 9.47 Å². The van der Waals surface area contributed by atoms with Crippen molar-refractivity contribution in [1.82, 2.24) is 9.88 Å². The predicted octanol–water partition coefficient (Wildman–Crippen LogP) is 2.15. The number of para-hydroxylation sites is 1. The number of hydrogen-bond acceptors (Lipinski definition) is 5. The van der Waals surface area contributed by atoms with Crippen LogP contribution in [0.15, 0.2) is 42.6 Å². The van der Waals surface area contributed by atoms with E-state index in [2.05, 4.69) is 9.88 Å². The van der Waals surface area contributed by atoms with Crippen LogP contribution in [0.3, 0.4) is 0 Å². The molecule has 1 saturated heterocycles. The first-order chi connectivity index (χ1) is 12.1. The molecule has 2 atom stereocenters. The summed E-state index contributed by atoms with van der Waals surface area (Å²) in [5.41, 5.74) is 0.915. The number of carboxylic acid groups (broad SMARTS) is 1. The highest BCUT2D eigenvalue weighted by Gasteiger charge is 2.56. The quantitative estimate of drug-likeness (QED) is 0.919. The molecule has 4 rings (SSSR count). The molecule has 0 amide bonds. The zero-order chi connectivity index (χ0) is 17.4. The third kappa shape index (κ3) is 2.53. The lowest BCUT2D eigenvalue weighted by Crippen LogP contribution is -2.45. The number of aliphatic carboxylic acids is 1. The normalized spacial score (nSPS) is 24.9. The first kappa shape index (κ1) is 15.9. The van der Waals surface area contributed by atoms with E-state index in [1.807, 2.05) is 36.4 Å². The Kier molecular flexibility index (Phi) is 3.84. The number of carbonyl (C=O) groups is 1. The van der Waals surface area contributed by atoms with Gasteiger partial charge in [0.05, 0.1) is 12.8 Å². The van der Waals surface area contributed by atoms with E-state index in [0.717, 1.165) is 11.3 Å². The molecular formula is C19H20N2O4. The van der Waals surface area contributed by atoms with Crippen LogP contribution in [0, 0.1) is 5.41 Å². The van der Waals surface area contributed by atoms with Crippen molar-refractivity contribution in [3.05, 3.63) is 53.9 Å². The van der Waals surface area contributed by atoms with Gasteiger partial charge in [-0.15, -0.1) is 0 Å². The lowest BCUT2D eigenvalue weighted by atomic mass is 9.73. The van der Waals surface area contributed by atoms with Crippen molar-refractivity contribution in [3.8, 4) is 11.5 Å². The molecule has 6 nitrogen and oxygen atoms in total. The standard InChI is InChI=1S/C19H20N2O4/c1-24-16-7-4-6-14-15-10-21(9-13-5-2-3-8-20-13)11-19(15,18(22)23)12-25-17(14)16/h2-8,15H,9-12H2,1H3,(H,22,23)/t15-,19-/m0/s1. The van der Waals surface area contributed by atoms with E-state index in [0.29, 0.717) is 31.1 Å². The maximum atomic E-state index is 12.2. The highest BCUT2D eigenvalue weighted by Crippen LogP contribution is 2.52. The largest absolute Gasteiger partial charge is 0.493 e. The van der Waals surface area contributed by atoms with Crippen molar-refractivity contribution in [2.45, 2.75) is 12.5 Å². The summed E-state index contributed by atoms with van der Waals surface area (Å²) in [7, 11) is 1.60. The van der Waals surface area contributed by atoms with Crippen molar-refractivity contribution in [2.75, 3.05) is 26.8 Å². The third-order valence-corrected chi connectivity index (χ3v) is 5.23. The summed E-state index contributed by atoms with van der Waals surface area (Å²) in [6.07, 6.45) is 1.76. The van der Waals surface area contributed by atoms with Crippen molar-refractivity contribution in [2.24, 2.45) is 5.41 Å². The first-order valence-electron chi connectivity index (χ1n) is 8.29. The number of ether oxygens (including phenoxy) is 2. The lowest BCUT2D eigenvalue weighted by molar-refractivity contribution is -0.152. The molecule has 1 fully saturated rings. The molecular weight excluding hydrogens is 320 g/mol. The molecule has 2 aromatic rings. The monoisotopic (exact) mass is 340 g/mol. The maximum Gasteiger partial charge on any atom is 0.315 e. The smallest absolute Gasteiger partial charge is 0.315 e. The lowest BCUT2D eigenvalue weighted by Gasteiger charge is -2.36. The Bertz CT molecular complexity index is 795. The van der Waals surface area contributed by atoms with Crippen molar-refractivity contribution < 1.29 is 19.4 Å². The Morgan fingerprint density at radius 1 is 1.40 bits per heavy atom. The highest BCUT2D eigenvalue weighted by atomic mass is 16.5. The second kappa shape index (κ2) is 6.04. The van der Waals surface area contributed by atoms with Crippen molar-refractivity contribution >= 4 is 5.97 Å². The summed E-state index contributed by atoms with van der Waals surface area (Å²) in [5.74, 6) is 0.383. The second-order valence-corrected chi connectivity index (χ2v) is 6.67. The first-order valence-corrected chi connectivity index (χ1v) is 8.29. The molecule has 0 unspecified atom stereocenters. The van der Waals surface area contributed by atoms with E-state index in [9.17, 15) is 9.90 Å². The van der Waals surface area contributed by atoms with Gasteiger partial charge in [0, 0.05) is 37.3 Å².